The first-order valence-electron chi connectivity index (χ1n) is 10.3. The lowest BCUT2D eigenvalue weighted by molar-refractivity contribution is -0.118. The summed E-state index contributed by atoms with van der Waals surface area (Å²) < 4.78 is 0. The van der Waals surface area contributed by atoms with Crippen molar-refractivity contribution in [3.8, 4) is 0 Å². The van der Waals surface area contributed by atoms with Gasteiger partial charge in [-0.1, -0.05) is 26.0 Å². The second-order valence-corrected chi connectivity index (χ2v) is 8.08. The van der Waals surface area contributed by atoms with Crippen molar-refractivity contribution in [1.29, 1.82) is 0 Å². The molecule has 0 unspecified atom stereocenters. The third-order valence-corrected chi connectivity index (χ3v) is 5.53. The Kier molecular flexibility index (Phi) is 5.38. The molecule has 0 spiro atoms. The van der Waals surface area contributed by atoms with Gasteiger partial charge in [-0.15, -0.1) is 0 Å². The Morgan fingerprint density at radius 3 is 2.72 bits per heavy atom. The SMILES string of the molecule is CC(C)C(=O)Nc1cccc(CNC(=O)c2ccc3[nH]c4c(c3c2)CCCC4)c1. The molecule has 4 rings (SSSR count). The van der Waals surface area contributed by atoms with Crippen LogP contribution in [0.5, 0.6) is 0 Å². The number of anilines is 1. The Labute approximate surface area is 170 Å². The molecule has 5 heteroatoms. The van der Waals surface area contributed by atoms with Crippen molar-refractivity contribution in [3.63, 3.8) is 0 Å². The fourth-order valence-electron chi connectivity index (χ4n) is 3.88. The molecule has 150 valence electrons. The highest BCUT2D eigenvalue weighted by atomic mass is 16.2. The van der Waals surface area contributed by atoms with Gasteiger partial charge in [0.15, 0.2) is 0 Å². The molecule has 3 aromatic rings. The van der Waals surface area contributed by atoms with Crippen LogP contribution in [0.4, 0.5) is 5.69 Å². The number of aromatic nitrogens is 1. The first kappa shape index (κ1) is 19.2. The standard InChI is InChI=1S/C24H27N3O2/c1-15(2)23(28)26-18-7-5-6-16(12-18)14-25-24(29)17-10-11-22-20(13-17)19-8-3-4-9-21(19)27-22/h5-7,10-13,15,27H,3-4,8-9,14H2,1-2H3,(H,25,29)(H,26,28). The van der Waals surface area contributed by atoms with Gasteiger partial charge in [0.05, 0.1) is 0 Å². The zero-order valence-electron chi connectivity index (χ0n) is 17.0. The molecule has 2 aromatic carbocycles. The Hall–Kier alpha value is -3.08. The number of benzene rings is 2. The largest absolute Gasteiger partial charge is 0.358 e. The Morgan fingerprint density at radius 1 is 1.07 bits per heavy atom. The molecule has 5 nitrogen and oxygen atoms in total. The summed E-state index contributed by atoms with van der Waals surface area (Å²) in [6.07, 6.45) is 4.61. The molecule has 2 amide bonds. The van der Waals surface area contributed by atoms with E-state index in [4.69, 9.17) is 0 Å². The number of fused-ring (bicyclic) bond motifs is 3. The number of aryl methyl sites for hydroxylation is 2. The first-order valence-corrected chi connectivity index (χ1v) is 10.3. The van der Waals surface area contributed by atoms with Gasteiger partial charge in [0.2, 0.25) is 5.91 Å². The van der Waals surface area contributed by atoms with Crippen LogP contribution in [-0.4, -0.2) is 16.8 Å². The van der Waals surface area contributed by atoms with Crippen molar-refractivity contribution >= 4 is 28.4 Å². The van der Waals surface area contributed by atoms with Crippen molar-refractivity contribution < 1.29 is 9.59 Å². The van der Waals surface area contributed by atoms with E-state index < -0.39 is 0 Å². The van der Waals surface area contributed by atoms with Crippen LogP contribution in [0.25, 0.3) is 10.9 Å². The Balaban J connectivity index is 1.45. The fourth-order valence-corrected chi connectivity index (χ4v) is 3.88. The molecule has 1 aromatic heterocycles. The van der Waals surface area contributed by atoms with Crippen LogP contribution >= 0.6 is 0 Å². The van der Waals surface area contributed by atoms with Crippen LogP contribution in [0.2, 0.25) is 0 Å². The fraction of sp³-hybridized carbons (Fsp3) is 0.333. The van der Waals surface area contributed by atoms with Gasteiger partial charge in [0.1, 0.15) is 0 Å². The van der Waals surface area contributed by atoms with E-state index in [1.165, 1.54) is 29.5 Å². The smallest absolute Gasteiger partial charge is 0.251 e. The van der Waals surface area contributed by atoms with Crippen LogP contribution in [-0.2, 0) is 24.2 Å². The predicted molar refractivity (Wildman–Crippen MR) is 116 cm³/mol. The minimum Gasteiger partial charge on any atom is -0.358 e. The minimum absolute atomic E-state index is 0.0191. The van der Waals surface area contributed by atoms with Gasteiger partial charge in [0.25, 0.3) is 5.91 Å². The Bertz CT molecular complexity index is 1070. The highest BCUT2D eigenvalue weighted by Crippen LogP contribution is 2.29. The summed E-state index contributed by atoms with van der Waals surface area (Å²) in [5, 5.41) is 7.06. The van der Waals surface area contributed by atoms with Gasteiger partial charge in [-0.25, -0.2) is 0 Å². The summed E-state index contributed by atoms with van der Waals surface area (Å²) in [5.74, 6) is -0.184. The van der Waals surface area contributed by atoms with Crippen LogP contribution in [0, 0.1) is 5.92 Å². The van der Waals surface area contributed by atoms with Crippen LogP contribution < -0.4 is 10.6 Å². The molecule has 0 aliphatic heterocycles. The zero-order chi connectivity index (χ0) is 20.4. The minimum atomic E-state index is -0.0886. The molecule has 3 N–H and O–H groups in total. The van der Waals surface area contributed by atoms with E-state index in [9.17, 15) is 9.59 Å². The summed E-state index contributed by atoms with van der Waals surface area (Å²) in [6, 6.07) is 13.5. The molecule has 1 aliphatic rings. The summed E-state index contributed by atoms with van der Waals surface area (Å²) in [7, 11) is 0. The number of carbonyl (C=O) groups is 2. The van der Waals surface area contributed by atoms with Crippen LogP contribution in [0.3, 0.4) is 0 Å². The van der Waals surface area contributed by atoms with Gasteiger partial charge in [0, 0.05) is 40.3 Å². The number of hydrogen-bond donors (Lipinski definition) is 3. The molecule has 0 saturated carbocycles. The van der Waals surface area contributed by atoms with E-state index in [-0.39, 0.29) is 17.7 Å². The third-order valence-electron chi connectivity index (χ3n) is 5.53. The van der Waals surface area contributed by atoms with Crippen molar-refractivity contribution in [2.75, 3.05) is 5.32 Å². The average molecular weight is 389 g/mol. The van der Waals surface area contributed by atoms with Crippen molar-refractivity contribution in [3.05, 3.63) is 64.8 Å². The molecule has 0 bridgehead atoms. The van der Waals surface area contributed by atoms with Crippen LogP contribution in [0.1, 0.15) is 53.9 Å². The second kappa shape index (κ2) is 8.11. The van der Waals surface area contributed by atoms with Gasteiger partial charge in [-0.2, -0.15) is 0 Å². The quantitative estimate of drug-likeness (QED) is 0.598. The van der Waals surface area contributed by atoms with E-state index in [1.807, 2.05) is 56.3 Å². The maximum absolute atomic E-state index is 12.7. The topological polar surface area (TPSA) is 74.0 Å². The molecule has 0 radical (unpaired) electrons. The highest BCUT2D eigenvalue weighted by molar-refractivity contribution is 5.99. The maximum atomic E-state index is 12.7. The van der Waals surface area contributed by atoms with E-state index in [1.54, 1.807) is 0 Å². The molecule has 1 aliphatic carbocycles. The summed E-state index contributed by atoms with van der Waals surface area (Å²) >= 11 is 0. The number of rotatable bonds is 5. The van der Waals surface area contributed by atoms with Gasteiger partial charge in [-0.05, 0) is 67.1 Å². The molecule has 1 heterocycles. The lowest BCUT2D eigenvalue weighted by atomic mass is 9.95. The second-order valence-electron chi connectivity index (χ2n) is 8.08. The molecule has 0 fully saturated rings. The molecule has 0 atom stereocenters. The number of carbonyl (C=O) groups excluding carboxylic acids is 2. The third kappa shape index (κ3) is 4.19. The number of hydrogen-bond acceptors (Lipinski definition) is 2. The van der Waals surface area contributed by atoms with E-state index in [0.717, 1.165) is 29.6 Å². The normalized spacial score (nSPS) is 13.3. The highest BCUT2D eigenvalue weighted by Gasteiger charge is 2.17. The Morgan fingerprint density at radius 2 is 1.90 bits per heavy atom. The van der Waals surface area contributed by atoms with Crippen LogP contribution in [0.15, 0.2) is 42.5 Å². The van der Waals surface area contributed by atoms with Crippen molar-refractivity contribution in [2.24, 2.45) is 5.92 Å². The van der Waals surface area contributed by atoms with E-state index >= 15 is 0 Å². The lowest BCUT2D eigenvalue weighted by Crippen LogP contribution is -2.23. The molecule has 29 heavy (non-hydrogen) atoms. The summed E-state index contributed by atoms with van der Waals surface area (Å²) in [6.45, 7) is 4.13. The summed E-state index contributed by atoms with van der Waals surface area (Å²) in [4.78, 5) is 28.1. The number of amides is 2. The molecular weight excluding hydrogens is 362 g/mol. The monoisotopic (exact) mass is 389 g/mol. The van der Waals surface area contributed by atoms with Crippen molar-refractivity contribution in [2.45, 2.75) is 46.1 Å². The molecule has 0 saturated heterocycles. The first-order chi connectivity index (χ1) is 14.0. The zero-order valence-corrected chi connectivity index (χ0v) is 17.0. The van der Waals surface area contributed by atoms with E-state index in [0.29, 0.717) is 12.1 Å². The van der Waals surface area contributed by atoms with Crippen molar-refractivity contribution in [1.82, 2.24) is 10.3 Å². The average Bonchev–Trinajstić information content (AvgIpc) is 3.10. The predicted octanol–water partition coefficient (Wildman–Crippen LogP) is 4.57. The number of H-pyrrole nitrogens is 1. The van der Waals surface area contributed by atoms with Gasteiger partial charge in [-0.3, -0.25) is 9.59 Å². The van der Waals surface area contributed by atoms with E-state index in [2.05, 4.69) is 15.6 Å². The van der Waals surface area contributed by atoms with Gasteiger partial charge < -0.3 is 15.6 Å². The lowest BCUT2D eigenvalue weighted by Gasteiger charge is -2.11. The van der Waals surface area contributed by atoms with Gasteiger partial charge >= 0.3 is 0 Å². The maximum Gasteiger partial charge on any atom is 0.251 e. The summed E-state index contributed by atoms with van der Waals surface area (Å²) in [5.41, 5.74) is 6.17. The number of nitrogens with one attached hydrogen (secondary N) is 3. The molecular formula is C24H27N3O2. The number of aromatic amines is 1.